The molecule has 0 radical (unpaired) electrons. The third kappa shape index (κ3) is 5.06. The van der Waals surface area contributed by atoms with Crippen LogP contribution in [0, 0.1) is 17.8 Å². The van der Waals surface area contributed by atoms with Crippen molar-refractivity contribution in [2.75, 3.05) is 46.8 Å². The van der Waals surface area contributed by atoms with Gasteiger partial charge >= 0.3 is 0 Å². The van der Waals surface area contributed by atoms with Crippen LogP contribution in [0.4, 0.5) is 0 Å². The van der Waals surface area contributed by atoms with E-state index in [-0.39, 0.29) is 30.7 Å². The quantitative estimate of drug-likeness (QED) is 0.850. The number of carbonyl (C=O) groups is 1. The minimum atomic E-state index is 0. The van der Waals surface area contributed by atoms with Gasteiger partial charge in [-0.3, -0.25) is 4.79 Å². The lowest BCUT2D eigenvalue weighted by Gasteiger charge is -2.36. The van der Waals surface area contributed by atoms with Gasteiger partial charge in [-0.2, -0.15) is 0 Å². The van der Waals surface area contributed by atoms with Gasteiger partial charge in [0.1, 0.15) is 0 Å². The second-order valence-corrected chi connectivity index (χ2v) is 6.20. The van der Waals surface area contributed by atoms with Crippen LogP contribution in [0.3, 0.4) is 0 Å². The van der Waals surface area contributed by atoms with Crippen LogP contribution >= 0.6 is 24.8 Å². The number of halogens is 2. The Hall–Kier alpha value is -0.0300. The van der Waals surface area contributed by atoms with Gasteiger partial charge < -0.3 is 15.1 Å². The first-order valence-corrected chi connectivity index (χ1v) is 7.22. The molecule has 4 nitrogen and oxygen atoms in total. The van der Waals surface area contributed by atoms with E-state index in [0.717, 1.165) is 26.2 Å². The number of nitrogens with zero attached hydrogens (tertiary/aromatic N) is 2. The summed E-state index contributed by atoms with van der Waals surface area (Å²) in [5.74, 6) is 1.71. The summed E-state index contributed by atoms with van der Waals surface area (Å²) in [7, 11) is 4.15. The van der Waals surface area contributed by atoms with Crippen LogP contribution in [0.2, 0.25) is 0 Å². The molecule has 120 valence electrons. The van der Waals surface area contributed by atoms with Crippen molar-refractivity contribution in [2.45, 2.75) is 19.8 Å². The highest BCUT2D eigenvalue weighted by Gasteiger charge is 2.31. The van der Waals surface area contributed by atoms with Crippen molar-refractivity contribution in [2.24, 2.45) is 17.8 Å². The minimum Gasteiger partial charge on any atom is -0.345 e. The van der Waals surface area contributed by atoms with Crippen LogP contribution in [-0.4, -0.2) is 62.5 Å². The molecule has 2 fully saturated rings. The molecular weight excluding hydrogens is 297 g/mol. The Morgan fingerprint density at radius 3 is 2.55 bits per heavy atom. The molecule has 1 N–H and O–H groups in total. The molecule has 2 aliphatic heterocycles. The first-order valence-electron chi connectivity index (χ1n) is 7.22. The van der Waals surface area contributed by atoms with Crippen LogP contribution in [0.25, 0.3) is 0 Å². The predicted molar refractivity (Wildman–Crippen MR) is 87.9 cm³/mol. The number of amides is 1. The molecule has 2 rings (SSSR count). The normalized spacial score (nSPS) is 24.9. The van der Waals surface area contributed by atoms with Crippen molar-refractivity contribution in [3.05, 3.63) is 0 Å². The fourth-order valence-electron chi connectivity index (χ4n) is 3.11. The van der Waals surface area contributed by atoms with Gasteiger partial charge in [0, 0.05) is 26.1 Å². The molecule has 1 amide bonds. The van der Waals surface area contributed by atoms with E-state index in [1.165, 1.54) is 19.4 Å². The third-order valence-electron chi connectivity index (χ3n) is 4.54. The number of nitrogens with one attached hydrogen (secondary N) is 1. The van der Waals surface area contributed by atoms with Crippen LogP contribution in [0.15, 0.2) is 0 Å². The van der Waals surface area contributed by atoms with Gasteiger partial charge in [0.2, 0.25) is 5.91 Å². The van der Waals surface area contributed by atoms with Crippen molar-refractivity contribution in [1.29, 1.82) is 0 Å². The number of hydrogen-bond donors (Lipinski definition) is 1. The maximum atomic E-state index is 12.3. The van der Waals surface area contributed by atoms with Crippen molar-refractivity contribution in [1.82, 2.24) is 15.1 Å². The van der Waals surface area contributed by atoms with E-state index in [0.29, 0.717) is 17.7 Å². The van der Waals surface area contributed by atoms with Gasteiger partial charge in [-0.15, -0.1) is 24.8 Å². The van der Waals surface area contributed by atoms with Crippen molar-refractivity contribution in [3.8, 4) is 0 Å². The molecule has 2 heterocycles. The lowest BCUT2D eigenvalue weighted by molar-refractivity contribution is -0.136. The summed E-state index contributed by atoms with van der Waals surface area (Å²) in [6, 6.07) is 0. The van der Waals surface area contributed by atoms with Gasteiger partial charge in [0.05, 0.1) is 0 Å². The van der Waals surface area contributed by atoms with E-state index in [2.05, 4.69) is 24.2 Å². The van der Waals surface area contributed by atoms with E-state index in [9.17, 15) is 4.79 Å². The zero-order chi connectivity index (χ0) is 13.1. The molecule has 0 saturated carbocycles. The highest BCUT2D eigenvalue weighted by Crippen LogP contribution is 2.20. The van der Waals surface area contributed by atoms with E-state index >= 15 is 0 Å². The summed E-state index contributed by atoms with van der Waals surface area (Å²) in [4.78, 5) is 16.7. The van der Waals surface area contributed by atoms with Crippen LogP contribution in [-0.2, 0) is 4.79 Å². The molecule has 0 aromatic rings. The van der Waals surface area contributed by atoms with Crippen molar-refractivity contribution < 1.29 is 4.79 Å². The molecular formula is C14H29Cl2N3O. The number of carbonyl (C=O) groups excluding carboxylic acids is 1. The highest BCUT2D eigenvalue weighted by atomic mass is 35.5. The molecule has 0 aromatic carbocycles. The minimum absolute atomic E-state index is 0. The first kappa shape index (κ1) is 20.0. The smallest absolute Gasteiger partial charge is 0.225 e. The Labute approximate surface area is 135 Å². The lowest BCUT2D eigenvalue weighted by Crippen LogP contribution is -2.50. The van der Waals surface area contributed by atoms with Crippen LogP contribution < -0.4 is 5.32 Å². The molecule has 20 heavy (non-hydrogen) atoms. The van der Waals surface area contributed by atoms with Gasteiger partial charge in [-0.05, 0) is 51.4 Å². The number of rotatable bonds is 4. The second kappa shape index (κ2) is 9.08. The van der Waals surface area contributed by atoms with Crippen LogP contribution in [0.1, 0.15) is 19.8 Å². The zero-order valence-corrected chi connectivity index (χ0v) is 14.4. The number of piperidine rings is 1. The third-order valence-corrected chi connectivity index (χ3v) is 4.54. The molecule has 2 unspecified atom stereocenters. The Morgan fingerprint density at radius 1 is 1.40 bits per heavy atom. The fraction of sp³-hybridized carbons (Fsp3) is 0.929. The monoisotopic (exact) mass is 325 g/mol. The molecule has 2 aliphatic rings. The Kier molecular flexibility index (Phi) is 9.07. The molecule has 0 bridgehead atoms. The molecule has 0 aliphatic carbocycles. The van der Waals surface area contributed by atoms with Gasteiger partial charge in [-0.1, -0.05) is 6.92 Å². The maximum absolute atomic E-state index is 12.3. The summed E-state index contributed by atoms with van der Waals surface area (Å²) < 4.78 is 0. The van der Waals surface area contributed by atoms with E-state index in [1.807, 2.05) is 11.9 Å². The molecule has 2 atom stereocenters. The van der Waals surface area contributed by atoms with Gasteiger partial charge in [0.25, 0.3) is 0 Å². The summed E-state index contributed by atoms with van der Waals surface area (Å²) in [6.07, 6.45) is 2.53. The molecule has 0 aromatic heterocycles. The van der Waals surface area contributed by atoms with E-state index in [4.69, 9.17) is 0 Å². The Bertz CT molecular complexity index is 300. The van der Waals surface area contributed by atoms with Crippen molar-refractivity contribution >= 4 is 30.7 Å². The van der Waals surface area contributed by atoms with Crippen LogP contribution in [0.5, 0.6) is 0 Å². The second-order valence-electron chi connectivity index (χ2n) is 6.20. The van der Waals surface area contributed by atoms with Crippen molar-refractivity contribution in [3.63, 3.8) is 0 Å². The average molecular weight is 326 g/mol. The molecule has 6 heteroatoms. The van der Waals surface area contributed by atoms with Gasteiger partial charge in [0.15, 0.2) is 0 Å². The largest absolute Gasteiger partial charge is 0.345 e. The average Bonchev–Trinajstić information content (AvgIpc) is 2.25. The summed E-state index contributed by atoms with van der Waals surface area (Å²) in [5, 5.41) is 3.25. The molecule has 2 saturated heterocycles. The van der Waals surface area contributed by atoms with E-state index < -0.39 is 0 Å². The fourth-order valence-corrected chi connectivity index (χ4v) is 3.11. The Balaban J connectivity index is 0.00000180. The predicted octanol–water partition coefficient (Wildman–Crippen LogP) is 1.49. The summed E-state index contributed by atoms with van der Waals surface area (Å²) >= 11 is 0. The SMILES string of the molecule is CC(C(=O)N(C)CC1CCCN(C)C1)C1CNC1.Cl.Cl. The number of likely N-dealkylation sites (tertiary alicyclic amines) is 1. The topological polar surface area (TPSA) is 35.6 Å². The molecule has 0 spiro atoms. The standard InChI is InChI=1S/C14H27N3O.2ClH/c1-11(13-7-15-8-13)14(18)17(3)10-12-5-4-6-16(2)9-12;;/h11-13,15H,4-10H2,1-3H3;2*1H. The summed E-state index contributed by atoms with van der Waals surface area (Å²) in [5.41, 5.74) is 0. The number of hydrogen-bond acceptors (Lipinski definition) is 3. The Morgan fingerprint density at radius 2 is 2.05 bits per heavy atom. The highest BCUT2D eigenvalue weighted by molar-refractivity contribution is 5.85. The summed E-state index contributed by atoms with van der Waals surface area (Å²) in [6.45, 7) is 7.36. The first-order chi connectivity index (χ1) is 8.58. The van der Waals surface area contributed by atoms with Gasteiger partial charge in [-0.25, -0.2) is 0 Å². The zero-order valence-electron chi connectivity index (χ0n) is 12.8. The lowest BCUT2D eigenvalue weighted by atomic mass is 9.87. The van der Waals surface area contributed by atoms with E-state index in [1.54, 1.807) is 0 Å². The maximum Gasteiger partial charge on any atom is 0.225 e.